The molecule has 1 aromatic carbocycles. The third kappa shape index (κ3) is 3.83. The lowest BCUT2D eigenvalue weighted by molar-refractivity contribution is 0.121. The van der Waals surface area contributed by atoms with Gasteiger partial charge in [0.25, 0.3) is 0 Å². The Morgan fingerprint density at radius 3 is 2.62 bits per heavy atom. The van der Waals surface area contributed by atoms with Crippen LogP contribution in [0.1, 0.15) is 31.4 Å². The summed E-state index contributed by atoms with van der Waals surface area (Å²) in [5.74, 6) is 0.435. The molecule has 0 spiro atoms. The highest BCUT2D eigenvalue weighted by molar-refractivity contribution is 7.89. The summed E-state index contributed by atoms with van der Waals surface area (Å²) in [7, 11) is -1.80. The van der Waals surface area contributed by atoms with Gasteiger partial charge in [0.05, 0.1) is 11.0 Å². The molecule has 0 aliphatic carbocycles. The van der Waals surface area contributed by atoms with Gasteiger partial charge in [0, 0.05) is 26.8 Å². The number of rotatable bonds is 5. The van der Waals surface area contributed by atoms with Gasteiger partial charge in [-0.05, 0) is 43.4 Å². The number of ether oxygens (including phenoxy) is 1. The maximum Gasteiger partial charge on any atom is 0.243 e. The van der Waals surface area contributed by atoms with Crippen LogP contribution in [-0.4, -0.2) is 44.6 Å². The Labute approximate surface area is 126 Å². The first-order valence-electron chi connectivity index (χ1n) is 7.22. The SMILES string of the molecule is COCC1CCN(S(=O)(=O)c2cccc(C(C)O)c2)CC1. The highest BCUT2D eigenvalue weighted by Crippen LogP contribution is 2.25. The van der Waals surface area contributed by atoms with E-state index in [0.29, 0.717) is 31.2 Å². The topological polar surface area (TPSA) is 66.8 Å². The molecule has 0 saturated carbocycles. The van der Waals surface area contributed by atoms with Gasteiger partial charge in [0.15, 0.2) is 0 Å². The maximum atomic E-state index is 12.6. The summed E-state index contributed by atoms with van der Waals surface area (Å²) < 4.78 is 31.9. The molecular formula is C15H23NO4S. The first kappa shape index (κ1) is 16.4. The number of nitrogens with zero attached hydrogens (tertiary/aromatic N) is 1. The average molecular weight is 313 g/mol. The molecule has 0 bridgehead atoms. The zero-order chi connectivity index (χ0) is 15.5. The van der Waals surface area contributed by atoms with Gasteiger partial charge in [-0.15, -0.1) is 0 Å². The van der Waals surface area contributed by atoms with Crippen molar-refractivity contribution in [3.8, 4) is 0 Å². The van der Waals surface area contributed by atoms with E-state index in [1.165, 1.54) is 4.31 Å². The van der Waals surface area contributed by atoms with E-state index in [1.54, 1.807) is 38.3 Å². The normalized spacial score (nSPS) is 19.6. The van der Waals surface area contributed by atoms with Crippen LogP contribution in [0.4, 0.5) is 0 Å². The molecular weight excluding hydrogens is 290 g/mol. The fourth-order valence-electron chi connectivity index (χ4n) is 2.64. The summed E-state index contributed by atoms with van der Waals surface area (Å²) >= 11 is 0. The summed E-state index contributed by atoms with van der Waals surface area (Å²) in [6, 6.07) is 6.55. The van der Waals surface area contributed by atoms with Gasteiger partial charge in [-0.2, -0.15) is 4.31 Å². The van der Waals surface area contributed by atoms with E-state index in [0.717, 1.165) is 12.8 Å². The van der Waals surface area contributed by atoms with Crippen LogP contribution < -0.4 is 0 Å². The van der Waals surface area contributed by atoms with E-state index in [2.05, 4.69) is 0 Å². The third-order valence-corrected chi connectivity index (χ3v) is 5.85. The van der Waals surface area contributed by atoms with Crippen molar-refractivity contribution in [3.05, 3.63) is 29.8 Å². The Bertz CT molecular complexity index is 563. The van der Waals surface area contributed by atoms with Crippen LogP contribution in [0, 0.1) is 5.92 Å². The summed E-state index contributed by atoms with van der Waals surface area (Å²) in [4.78, 5) is 0.256. The molecule has 0 aromatic heterocycles. The fraction of sp³-hybridized carbons (Fsp3) is 0.600. The molecule has 21 heavy (non-hydrogen) atoms. The zero-order valence-corrected chi connectivity index (χ0v) is 13.3. The molecule has 118 valence electrons. The van der Waals surface area contributed by atoms with Crippen molar-refractivity contribution in [2.45, 2.75) is 30.8 Å². The summed E-state index contributed by atoms with van der Waals surface area (Å²) in [6.45, 7) is 3.36. The first-order valence-corrected chi connectivity index (χ1v) is 8.66. The van der Waals surface area contributed by atoms with Crippen molar-refractivity contribution in [3.63, 3.8) is 0 Å². The second-order valence-corrected chi connectivity index (χ2v) is 7.49. The molecule has 1 unspecified atom stereocenters. The van der Waals surface area contributed by atoms with E-state index in [-0.39, 0.29) is 4.90 Å². The quantitative estimate of drug-likeness (QED) is 0.900. The minimum atomic E-state index is -3.48. The van der Waals surface area contributed by atoms with E-state index in [1.807, 2.05) is 0 Å². The van der Waals surface area contributed by atoms with E-state index < -0.39 is 16.1 Å². The van der Waals surface area contributed by atoms with Crippen LogP contribution in [-0.2, 0) is 14.8 Å². The molecule has 1 aliphatic heterocycles. The van der Waals surface area contributed by atoms with Crippen LogP contribution in [0.15, 0.2) is 29.2 Å². The fourth-order valence-corrected chi connectivity index (χ4v) is 4.16. The molecule has 1 saturated heterocycles. The Kier molecular flexibility index (Phi) is 5.37. The van der Waals surface area contributed by atoms with Crippen LogP contribution >= 0.6 is 0 Å². The van der Waals surface area contributed by atoms with Gasteiger partial charge in [0.1, 0.15) is 0 Å². The molecule has 1 N–H and O–H groups in total. The van der Waals surface area contributed by atoms with Gasteiger partial charge in [0.2, 0.25) is 10.0 Å². The average Bonchev–Trinajstić information content (AvgIpc) is 2.48. The van der Waals surface area contributed by atoms with Gasteiger partial charge in [-0.3, -0.25) is 0 Å². The number of aliphatic hydroxyl groups is 1. The molecule has 5 nitrogen and oxygen atoms in total. The largest absolute Gasteiger partial charge is 0.389 e. The van der Waals surface area contributed by atoms with E-state index in [4.69, 9.17) is 4.74 Å². The molecule has 1 aromatic rings. The van der Waals surface area contributed by atoms with Crippen LogP contribution in [0.2, 0.25) is 0 Å². The van der Waals surface area contributed by atoms with Crippen molar-refractivity contribution >= 4 is 10.0 Å². The second-order valence-electron chi connectivity index (χ2n) is 5.55. The molecule has 6 heteroatoms. The van der Waals surface area contributed by atoms with Crippen molar-refractivity contribution in [2.75, 3.05) is 26.8 Å². The first-order chi connectivity index (χ1) is 9.95. The lowest BCUT2D eigenvalue weighted by Gasteiger charge is -2.31. The third-order valence-electron chi connectivity index (χ3n) is 3.95. The molecule has 1 aliphatic rings. The molecule has 0 radical (unpaired) electrons. The Morgan fingerprint density at radius 2 is 2.05 bits per heavy atom. The summed E-state index contributed by atoms with van der Waals surface area (Å²) in [6.07, 6.45) is 0.972. The standard InChI is InChI=1S/C15H23NO4S/c1-12(17)14-4-3-5-15(10-14)21(18,19)16-8-6-13(7-9-16)11-20-2/h3-5,10,12-13,17H,6-9,11H2,1-2H3. The van der Waals surface area contributed by atoms with E-state index >= 15 is 0 Å². The van der Waals surface area contributed by atoms with Crippen molar-refractivity contribution < 1.29 is 18.3 Å². The number of methoxy groups -OCH3 is 1. The minimum absolute atomic E-state index is 0.256. The summed E-state index contributed by atoms with van der Waals surface area (Å²) in [5, 5.41) is 9.60. The van der Waals surface area contributed by atoms with Gasteiger partial charge in [-0.25, -0.2) is 8.42 Å². The summed E-state index contributed by atoms with van der Waals surface area (Å²) in [5.41, 5.74) is 0.616. The Morgan fingerprint density at radius 1 is 1.38 bits per heavy atom. The number of hydrogen-bond donors (Lipinski definition) is 1. The number of sulfonamides is 1. The van der Waals surface area contributed by atoms with E-state index in [9.17, 15) is 13.5 Å². The molecule has 2 rings (SSSR count). The number of benzene rings is 1. The number of aliphatic hydroxyl groups excluding tert-OH is 1. The molecule has 1 heterocycles. The molecule has 0 amide bonds. The van der Waals surface area contributed by atoms with Gasteiger partial charge in [-0.1, -0.05) is 12.1 Å². The van der Waals surface area contributed by atoms with Crippen molar-refractivity contribution in [1.29, 1.82) is 0 Å². The lowest BCUT2D eigenvalue weighted by atomic mass is 9.99. The second kappa shape index (κ2) is 6.87. The number of piperidine rings is 1. The Balaban J connectivity index is 2.14. The Hall–Kier alpha value is -0.950. The van der Waals surface area contributed by atoms with Crippen molar-refractivity contribution in [1.82, 2.24) is 4.31 Å². The smallest absolute Gasteiger partial charge is 0.243 e. The predicted molar refractivity (Wildman–Crippen MR) is 80.4 cm³/mol. The predicted octanol–water partition coefficient (Wildman–Crippen LogP) is 1.79. The number of hydrogen-bond acceptors (Lipinski definition) is 4. The maximum absolute atomic E-state index is 12.6. The van der Waals surface area contributed by atoms with Gasteiger partial charge < -0.3 is 9.84 Å². The minimum Gasteiger partial charge on any atom is -0.389 e. The lowest BCUT2D eigenvalue weighted by Crippen LogP contribution is -2.39. The van der Waals surface area contributed by atoms with Crippen LogP contribution in [0.25, 0.3) is 0 Å². The molecule has 1 atom stereocenters. The highest BCUT2D eigenvalue weighted by atomic mass is 32.2. The highest BCUT2D eigenvalue weighted by Gasteiger charge is 2.29. The van der Waals surface area contributed by atoms with Gasteiger partial charge >= 0.3 is 0 Å². The van der Waals surface area contributed by atoms with Crippen LogP contribution in [0.5, 0.6) is 0 Å². The zero-order valence-electron chi connectivity index (χ0n) is 12.5. The molecule has 1 fully saturated rings. The van der Waals surface area contributed by atoms with Crippen molar-refractivity contribution in [2.24, 2.45) is 5.92 Å². The van der Waals surface area contributed by atoms with Crippen LogP contribution in [0.3, 0.4) is 0 Å². The monoisotopic (exact) mass is 313 g/mol.